The van der Waals surface area contributed by atoms with Gasteiger partial charge < -0.3 is 5.32 Å². The Kier molecular flexibility index (Phi) is 6.46. The minimum atomic E-state index is 0.505. The molecule has 1 N–H and O–H groups in total. The summed E-state index contributed by atoms with van der Waals surface area (Å²) in [6.07, 6.45) is 3.61. The third-order valence-electron chi connectivity index (χ3n) is 3.63. The fraction of sp³-hybridized carbons (Fsp3) is 0.444. The molecule has 0 amide bonds. The summed E-state index contributed by atoms with van der Waals surface area (Å²) in [5.74, 6) is 0. The molecule has 3 heteroatoms. The molecule has 1 nitrogen and oxygen atoms in total. The molecular formula is C18H24BrNS. The number of benzene rings is 1. The Morgan fingerprint density at radius 1 is 1.14 bits per heavy atom. The van der Waals surface area contributed by atoms with Crippen molar-refractivity contribution in [2.24, 2.45) is 0 Å². The summed E-state index contributed by atoms with van der Waals surface area (Å²) >= 11 is 5.49. The topological polar surface area (TPSA) is 12.0 Å². The summed E-state index contributed by atoms with van der Waals surface area (Å²) in [6, 6.07) is 11.7. The van der Waals surface area contributed by atoms with Crippen LogP contribution in [0.2, 0.25) is 0 Å². The lowest BCUT2D eigenvalue weighted by molar-refractivity contribution is 0.501. The van der Waals surface area contributed by atoms with Crippen LogP contribution in [0.1, 0.15) is 49.6 Å². The van der Waals surface area contributed by atoms with Gasteiger partial charge in [0.25, 0.3) is 0 Å². The van der Waals surface area contributed by atoms with Gasteiger partial charge in [-0.05, 0) is 61.7 Å². The van der Waals surface area contributed by atoms with Gasteiger partial charge in [-0.15, -0.1) is 11.3 Å². The number of hydrogen-bond donors (Lipinski definition) is 1. The van der Waals surface area contributed by atoms with E-state index < -0.39 is 0 Å². The van der Waals surface area contributed by atoms with E-state index in [1.165, 1.54) is 44.6 Å². The number of halogens is 1. The summed E-state index contributed by atoms with van der Waals surface area (Å²) < 4.78 is 1.18. The van der Waals surface area contributed by atoms with E-state index in [-0.39, 0.29) is 0 Å². The summed E-state index contributed by atoms with van der Waals surface area (Å²) in [5.41, 5.74) is 2.61. The average Bonchev–Trinajstić information content (AvgIpc) is 2.96. The largest absolute Gasteiger partial charge is 0.309 e. The Morgan fingerprint density at radius 3 is 2.62 bits per heavy atom. The van der Waals surface area contributed by atoms with Crippen molar-refractivity contribution < 1.29 is 0 Å². The Hall–Kier alpha value is -0.640. The molecule has 0 saturated heterocycles. The molecular weight excluding hydrogens is 342 g/mol. The second-order valence-corrected chi connectivity index (χ2v) is 7.43. The standard InChI is InChI=1S/C18H24BrNS/c1-4-6-16(20-11-5-2)18-10-9-17(21-18)14-7-8-15(19)13(3)12-14/h7-10,12,16,20H,4-6,11H2,1-3H3. The van der Waals surface area contributed by atoms with Gasteiger partial charge >= 0.3 is 0 Å². The van der Waals surface area contributed by atoms with Gasteiger partial charge in [-0.1, -0.05) is 42.3 Å². The summed E-state index contributed by atoms with van der Waals surface area (Å²) in [7, 11) is 0. The molecule has 0 aliphatic carbocycles. The van der Waals surface area contributed by atoms with E-state index in [9.17, 15) is 0 Å². The third kappa shape index (κ3) is 4.41. The first kappa shape index (κ1) is 16.7. The maximum atomic E-state index is 3.67. The van der Waals surface area contributed by atoms with Gasteiger partial charge in [-0.3, -0.25) is 0 Å². The van der Waals surface area contributed by atoms with Crippen molar-refractivity contribution in [3.63, 3.8) is 0 Å². The number of rotatable bonds is 7. The summed E-state index contributed by atoms with van der Waals surface area (Å²) in [4.78, 5) is 2.82. The van der Waals surface area contributed by atoms with Crippen LogP contribution in [0.4, 0.5) is 0 Å². The lowest BCUT2D eigenvalue weighted by Gasteiger charge is -2.16. The van der Waals surface area contributed by atoms with E-state index in [0.29, 0.717) is 6.04 Å². The van der Waals surface area contributed by atoms with Crippen LogP contribution in [0.15, 0.2) is 34.8 Å². The first-order valence-corrected chi connectivity index (χ1v) is 9.36. The van der Waals surface area contributed by atoms with Crippen molar-refractivity contribution >= 4 is 27.3 Å². The minimum Gasteiger partial charge on any atom is -0.309 e. The first-order chi connectivity index (χ1) is 10.2. The number of thiophene rings is 1. The number of hydrogen-bond acceptors (Lipinski definition) is 2. The van der Waals surface area contributed by atoms with Crippen LogP contribution in [0.3, 0.4) is 0 Å². The zero-order valence-corrected chi connectivity index (χ0v) is 15.5. The van der Waals surface area contributed by atoms with Crippen LogP contribution in [0.25, 0.3) is 10.4 Å². The molecule has 0 aliphatic heterocycles. The molecule has 1 atom stereocenters. The van der Waals surface area contributed by atoms with Crippen molar-refractivity contribution in [1.29, 1.82) is 0 Å². The molecule has 1 heterocycles. The highest BCUT2D eigenvalue weighted by Crippen LogP contribution is 2.34. The maximum absolute atomic E-state index is 3.67. The normalized spacial score (nSPS) is 12.6. The van der Waals surface area contributed by atoms with Crippen LogP contribution >= 0.6 is 27.3 Å². The average molecular weight is 366 g/mol. The van der Waals surface area contributed by atoms with Crippen LogP contribution in [-0.4, -0.2) is 6.54 Å². The predicted molar refractivity (Wildman–Crippen MR) is 98.1 cm³/mol. The quantitative estimate of drug-likeness (QED) is 0.604. The smallest absolute Gasteiger partial charge is 0.0414 e. The van der Waals surface area contributed by atoms with E-state index in [0.717, 1.165) is 6.54 Å². The van der Waals surface area contributed by atoms with Gasteiger partial charge in [0.05, 0.1) is 0 Å². The fourth-order valence-corrected chi connectivity index (χ4v) is 3.81. The molecule has 2 rings (SSSR count). The highest BCUT2D eigenvalue weighted by Gasteiger charge is 2.13. The van der Waals surface area contributed by atoms with E-state index in [2.05, 4.69) is 72.3 Å². The Morgan fingerprint density at radius 2 is 1.95 bits per heavy atom. The van der Waals surface area contributed by atoms with Gasteiger partial charge in [-0.2, -0.15) is 0 Å². The van der Waals surface area contributed by atoms with Gasteiger partial charge in [-0.25, -0.2) is 0 Å². The SMILES string of the molecule is CCCNC(CCC)c1ccc(-c2ccc(Br)c(C)c2)s1. The van der Waals surface area contributed by atoms with Gasteiger partial charge in [0.2, 0.25) is 0 Å². The van der Waals surface area contributed by atoms with Crippen molar-refractivity contribution in [1.82, 2.24) is 5.32 Å². The molecule has 0 fully saturated rings. The Bertz CT molecular complexity index is 576. The molecule has 114 valence electrons. The van der Waals surface area contributed by atoms with E-state index in [1.54, 1.807) is 0 Å². The molecule has 0 aliphatic rings. The van der Waals surface area contributed by atoms with Gasteiger partial charge in [0.1, 0.15) is 0 Å². The van der Waals surface area contributed by atoms with Gasteiger partial charge in [0, 0.05) is 20.3 Å². The molecule has 0 spiro atoms. The van der Waals surface area contributed by atoms with Crippen LogP contribution < -0.4 is 5.32 Å². The fourth-order valence-electron chi connectivity index (χ4n) is 2.45. The van der Waals surface area contributed by atoms with E-state index in [1.807, 2.05) is 11.3 Å². The summed E-state index contributed by atoms with van der Waals surface area (Å²) in [5, 5.41) is 3.67. The van der Waals surface area contributed by atoms with Gasteiger partial charge in [0.15, 0.2) is 0 Å². The minimum absolute atomic E-state index is 0.505. The monoisotopic (exact) mass is 365 g/mol. The molecule has 0 bridgehead atoms. The second-order valence-electron chi connectivity index (χ2n) is 5.46. The van der Waals surface area contributed by atoms with Crippen LogP contribution in [0.5, 0.6) is 0 Å². The zero-order chi connectivity index (χ0) is 15.2. The highest BCUT2D eigenvalue weighted by atomic mass is 79.9. The third-order valence-corrected chi connectivity index (χ3v) is 5.77. The molecule has 1 aromatic heterocycles. The van der Waals surface area contributed by atoms with Crippen molar-refractivity contribution in [2.75, 3.05) is 6.54 Å². The summed E-state index contributed by atoms with van der Waals surface area (Å²) in [6.45, 7) is 7.72. The van der Waals surface area contributed by atoms with Crippen LogP contribution in [0, 0.1) is 6.92 Å². The predicted octanol–water partition coefficient (Wildman–Crippen LogP) is 6.33. The number of aryl methyl sites for hydroxylation is 1. The van der Waals surface area contributed by atoms with Crippen LogP contribution in [-0.2, 0) is 0 Å². The molecule has 2 aromatic rings. The molecule has 0 radical (unpaired) electrons. The zero-order valence-electron chi connectivity index (χ0n) is 13.1. The highest BCUT2D eigenvalue weighted by molar-refractivity contribution is 9.10. The first-order valence-electron chi connectivity index (χ1n) is 7.75. The van der Waals surface area contributed by atoms with E-state index >= 15 is 0 Å². The Balaban J connectivity index is 2.20. The van der Waals surface area contributed by atoms with Crippen molar-refractivity contribution in [3.8, 4) is 10.4 Å². The molecule has 1 aromatic carbocycles. The lowest BCUT2D eigenvalue weighted by Crippen LogP contribution is -2.21. The molecule has 1 unspecified atom stereocenters. The molecule has 0 saturated carbocycles. The lowest BCUT2D eigenvalue weighted by atomic mass is 10.1. The number of nitrogens with one attached hydrogen (secondary N) is 1. The Labute approximate surface area is 140 Å². The molecule has 21 heavy (non-hydrogen) atoms. The van der Waals surface area contributed by atoms with Crippen molar-refractivity contribution in [2.45, 2.75) is 46.1 Å². The second kappa shape index (κ2) is 8.11. The maximum Gasteiger partial charge on any atom is 0.0414 e. The van der Waals surface area contributed by atoms with E-state index in [4.69, 9.17) is 0 Å². The van der Waals surface area contributed by atoms with Crippen molar-refractivity contribution in [3.05, 3.63) is 45.2 Å².